The van der Waals surface area contributed by atoms with Crippen LogP contribution in [0, 0.1) is 17.5 Å². The van der Waals surface area contributed by atoms with Crippen LogP contribution in [0.2, 0.25) is 0 Å². The Kier molecular flexibility index (Phi) is 3.67. The molecule has 0 spiro atoms. The number of aliphatic hydroxyl groups is 1. The second kappa shape index (κ2) is 5.35. The average molecular weight is 359 g/mol. The number of aliphatic hydroxyl groups excluding tert-OH is 1. The first kappa shape index (κ1) is 14.4. The van der Waals surface area contributed by atoms with Gasteiger partial charge >= 0.3 is 0 Å². The Morgan fingerprint density at radius 2 is 1.76 bits per heavy atom. The second-order valence-corrected chi connectivity index (χ2v) is 5.75. The molecule has 0 aliphatic carbocycles. The number of halogens is 4. The maximum Gasteiger partial charge on any atom is 0.194 e. The Bertz CT molecular complexity index is 682. The zero-order valence-electron chi connectivity index (χ0n) is 10.6. The SMILES string of the molecule is O[C@H]1CC(c2cc(F)c(F)c(F)c2)Oc2ccc(Br)cc21. The first-order valence-electron chi connectivity index (χ1n) is 6.24. The van der Waals surface area contributed by atoms with Crippen molar-refractivity contribution in [3.63, 3.8) is 0 Å². The summed E-state index contributed by atoms with van der Waals surface area (Å²) in [6.45, 7) is 0. The van der Waals surface area contributed by atoms with Crippen molar-refractivity contribution < 1.29 is 23.0 Å². The largest absolute Gasteiger partial charge is 0.485 e. The highest BCUT2D eigenvalue weighted by Crippen LogP contribution is 2.42. The van der Waals surface area contributed by atoms with E-state index in [1.165, 1.54) is 0 Å². The monoisotopic (exact) mass is 358 g/mol. The van der Waals surface area contributed by atoms with Gasteiger partial charge in [-0.25, -0.2) is 13.2 Å². The van der Waals surface area contributed by atoms with E-state index in [1.807, 2.05) is 0 Å². The minimum atomic E-state index is -1.51. The molecule has 6 heteroatoms. The van der Waals surface area contributed by atoms with Crippen molar-refractivity contribution in [3.8, 4) is 5.75 Å². The van der Waals surface area contributed by atoms with Gasteiger partial charge in [-0.3, -0.25) is 0 Å². The van der Waals surface area contributed by atoms with Crippen LogP contribution in [0.1, 0.15) is 29.8 Å². The Morgan fingerprint density at radius 1 is 1.10 bits per heavy atom. The smallest absolute Gasteiger partial charge is 0.194 e. The summed E-state index contributed by atoms with van der Waals surface area (Å²) in [5.74, 6) is -3.62. The molecule has 1 heterocycles. The van der Waals surface area contributed by atoms with Gasteiger partial charge in [0.25, 0.3) is 0 Å². The van der Waals surface area contributed by atoms with Gasteiger partial charge in [0.05, 0.1) is 6.10 Å². The third-order valence-corrected chi connectivity index (χ3v) is 3.91. The standard InChI is InChI=1S/C15H10BrF3O2/c16-8-1-2-13-9(5-8)12(20)6-14(21-13)7-3-10(17)15(19)11(18)4-7/h1-5,12,14,20H,6H2/t12-,14?/m0/s1. The van der Waals surface area contributed by atoms with E-state index in [2.05, 4.69) is 15.9 Å². The van der Waals surface area contributed by atoms with Crippen molar-refractivity contribution >= 4 is 15.9 Å². The lowest BCUT2D eigenvalue weighted by Gasteiger charge is -2.30. The van der Waals surface area contributed by atoms with Gasteiger partial charge in [0.15, 0.2) is 17.5 Å². The first-order chi connectivity index (χ1) is 9.95. The van der Waals surface area contributed by atoms with Crippen LogP contribution in [0.5, 0.6) is 5.75 Å². The summed E-state index contributed by atoms with van der Waals surface area (Å²) in [5, 5.41) is 10.1. The molecule has 0 saturated heterocycles. The molecule has 0 bridgehead atoms. The van der Waals surface area contributed by atoms with E-state index < -0.39 is 29.7 Å². The molecule has 0 amide bonds. The van der Waals surface area contributed by atoms with Gasteiger partial charge < -0.3 is 9.84 Å². The van der Waals surface area contributed by atoms with Crippen LogP contribution in [0.15, 0.2) is 34.8 Å². The average Bonchev–Trinajstić information content (AvgIpc) is 2.44. The molecule has 0 fully saturated rings. The van der Waals surface area contributed by atoms with Gasteiger partial charge in [0, 0.05) is 16.5 Å². The molecule has 0 aromatic heterocycles. The highest BCUT2D eigenvalue weighted by molar-refractivity contribution is 9.10. The summed E-state index contributed by atoms with van der Waals surface area (Å²) in [4.78, 5) is 0. The van der Waals surface area contributed by atoms with Gasteiger partial charge in [-0.2, -0.15) is 0 Å². The zero-order chi connectivity index (χ0) is 15.1. The Morgan fingerprint density at radius 3 is 2.43 bits per heavy atom. The van der Waals surface area contributed by atoms with Crippen LogP contribution in [-0.4, -0.2) is 5.11 Å². The maximum absolute atomic E-state index is 13.3. The van der Waals surface area contributed by atoms with E-state index in [-0.39, 0.29) is 12.0 Å². The van der Waals surface area contributed by atoms with Gasteiger partial charge in [-0.15, -0.1) is 0 Å². The van der Waals surface area contributed by atoms with Gasteiger partial charge in [-0.1, -0.05) is 15.9 Å². The van der Waals surface area contributed by atoms with Crippen molar-refractivity contribution in [2.24, 2.45) is 0 Å². The molecule has 1 N–H and O–H groups in total. The predicted octanol–water partition coefficient (Wildman–Crippen LogP) is 4.42. The minimum absolute atomic E-state index is 0.133. The van der Waals surface area contributed by atoms with Gasteiger partial charge in [0.2, 0.25) is 0 Å². The highest BCUT2D eigenvalue weighted by atomic mass is 79.9. The molecule has 2 nitrogen and oxygen atoms in total. The minimum Gasteiger partial charge on any atom is -0.485 e. The lowest BCUT2D eigenvalue weighted by Crippen LogP contribution is -2.19. The van der Waals surface area contributed by atoms with E-state index in [1.54, 1.807) is 18.2 Å². The van der Waals surface area contributed by atoms with Crippen LogP contribution in [0.3, 0.4) is 0 Å². The fourth-order valence-corrected chi connectivity index (χ4v) is 2.76. The molecule has 1 unspecified atom stereocenters. The van der Waals surface area contributed by atoms with Crippen molar-refractivity contribution in [1.29, 1.82) is 0 Å². The van der Waals surface area contributed by atoms with Crippen molar-refractivity contribution in [3.05, 3.63) is 63.4 Å². The van der Waals surface area contributed by atoms with Crippen molar-refractivity contribution in [2.45, 2.75) is 18.6 Å². The summed E-state index contributed by atoms with van der Waals surface area (Å²) in [6.07, 6.45) is -1.43. The highest BCUT2D eigenvalue weighted by Gasteiger charge is 2.29. The molecule has 3 rings (SSSR count). The Labute approximate surface area is 127 Å². The number of rotatable bonds is 1. The topological polar surface area (TPSA) is 29.5 Å². The third-order valence-electron chi connectivity index (χ3n) is 3.42. The number of benzene rings is 2. The van der Waals surface area contributed by atoms with E-state index in [0.29, 0.717) is 11.3 Å². The summed E-state index contributed by atoms with van der Waals surface area (Å²) < 4.78 is 46.0. The molecule has 21 heavy (non-hydrogen) atoms. The van der Waals surface area contributed by atoms with Crippen LogP contribution in [0.25, 0.3) is 0 Å². The van der Waals surface area contributed by atoms with Crippen LogP contribution < -0.4 is 4.74 Å². The van der Waals surface area contributed by atoms with E-state index in [4.69, 9.17) is 4.74 Å². The van der Waals surface area contributed by atoms with Crippen molar-refractivity contribution in [1.82, 2.24) is 0 Å². The van der Waals surface area contributed by atoms with Crippen LogP contribution in [0.4, 0.5) is 13.2 Å². The lowest BCUT2D eigenvalue weighted by atomic mass is 9.95. The summed E-state index contributed by atoms with van der Waals surface area (Å²) in [6, 6.07) is 6.89. The molecule has 0 saturated carbocycles. The molecular formula is C15H10BrF3O2. The number of ether oxygens (including phenoxy) is 1. The van der Waals surface area contributed by atoms with E-state index in [9.17, 15) is 18.3 Å². The molecular weight excluding hydrogens is 349 g/mol. The summed E-state index contributed by atoms with van der Waals surface area (Å²) >= 11 is 3.30. The fourth-order valence-electron chi connectivity index (χ4n) is 2.38. The quantitative estimate of drug-likeness (QED) is 0.764. The van der Waals surface area contributed by atoms with E-state index in [0.717, 1.165) is 16.6 Å². The number of fused-ring (bicyclic) bond motifs is 1. The molecule has 2 aromatic rings. The van der Waals surface area contributed by atoms with E-state index >= 15 is 0 Å². The van der Waals surface area contributed by atoms with Crippen molar-refractivity contribution in [2.75, 3.05) is 0 Å². The summed E-state index contributed by atoms with van der Waals surface area (Å²) in [7, 11) is 0. The zero-order valence-corrected chi connectivity index (χ0v) is 12.2. The van der Waals surface area contributed by atoms with Crippen LogP contribution in [-0.2, 0) is 0 Å². The normalized spacial score (nSPS) is 20.8. The first-order valence-corrected chi connectivity index (χ1v) is 7.03. The molecule has 110 valence electrons. The number of hydrogen-bond donors (Lipinski definition) is 1. The molecule has 1 aliphatic heterocycles. The predicted molar refractivity (Wildman–Crippen MR) is 73.4 cm³/mol. The maximum atomic E-state index is 13.3. The molecule has 0 radical (unpaired) electrons. The third kappa shape index (κ3) is 2.65. The molecule has 2 atom stereocenters. The van der Waals surface area contributed by atoms with Gasteiger partial charge in [-0.05, 0) is 35.9 Å². The Balaban J connectivity index is 1.98. The molecule has 2 aromatic carbocycles. The fraction of sp³-hybridized carbons (Fsp3) is 0.200. The lowest BCUT2D eigenvalue weighted by molar-refractivity contribution is 0.0652. The molecule has 1 aliphatic rings. The number of hydrogen-bond acceptors (Lipinski definition) is 2. The van der Waals surface area contributed by atoms with Gasteiger partial charge in [0.1, 0.15) is 11.9 Å². The Hall–Kier alpha value is -1.53. The second-order valence-electron chi connectivity index (χ2n) is 4.84. The summed E-state index contributed by atoms with van der Waals surface area (Å²) in [5.41, 5.74) is 0.752. The van der Waals surface area contributed by atoms with Crippen LogP contribution >= 0.6 is 15.9 Å².